The molecule has 7 nitrogen and oxygen atoms in total. The minimum atomic E-state index is -3.80. The van der Waals surface area contributed by atoms with E-state index in [-0.39, 0.29) is 23.1 Å². The molecule has 1 atom stereocenters. The molecule has 2 rings (SSSR count). The van der Waals surface area contributed by atoms with Crippen LogP contribution in [0.15, 0.2) is 23.1 Å². The summed E-state index contributed by atoms with van der Waals surface area (Å²) in [4.78, 5) is 10.9. The Bertz CT molecular complexity index is 622. The third-order valence-electron chi connectivity index (χ3n) is 3.11. The molecule has 1 aliphatic rings. The smallest absolute Gasteiger partial charge is 0.335 e. The zero-order chi connectivity index (χ0) is 15.5. The van der Waals surface area contributed by atoms with Gasteiger partial charge in [-0.3, -0.25) is 0 Å². The molecule has 2 N–H and O–H groups in total. The number of aryl methyl sites for hydroxylation is 1. The molecule has 1 fully saturated rings. The highest BCUT2D eigenvalue weighted by Crippen LogP contribution is 2.17. The van der Waals surface area contributed by atoms with Crippen molar-refractivity contribution in [1.29, 1.82) is 0 Å². The van der Waals surface area contributed by atoms with Gasteiger partial charge in [-0.2, -0.15) is 0 Å². The fourth-order valence-corrected chi connectivity index (χ4v) is 3.29. The Kier molecular flexibility index (Phi) is 4.94. The van der Waals surface area contributed by atoms with E-state index in [4.69, 9.17) is 14.6 Å². The Hall–Kier alpha value is -1.48. The van der Waals surface area contributed by atoms with Gasteiger partial charge < -0.3 is 14.6 Å². The van der Waals surface area contributed by atoms with Crippen LogP contribution in [0, 0.1) is 6.92 Å². The molecule has 1 unspecified atom stereocenters. The number of sulfonamides is 1. The van der Waals surface area contributed by atoms with Crippen LogP contribution in [0.25, 0.3) is 0 Å². The second-order valence-electron chi connectivity index (χ2n) is 4.71. The van der Waals surface area contributed by atoms with Gasteiger partial charge in [0, 0.05) is 6.54 Å². The molecule has 116 valence electrons. The molecule has 1 aromatic rings. The monoisotopic (exact) mass is 315 g/mol. The van der Waals surface area contributed by atoms with Crippen molar-refractivity contribution in [3.8, 4) is 0 Å². The summed E-state index contributed by atoms with van der Waals surface area (Å²) in [7, 11) is -3.80. The van der Waals surface area contributed by atoms with E-state index in [1.807, 2.05) is 0 Å². The highest BCUT2D eigenvalue weighted by Gasteiger charge is 2.22. The second kappa shape index (κ2) is 6.52. The summed E-state index contributed by atoms with van der Waals surface area (Å²) in [6.07, 6.45) is -0.337. The van der Waals surface area contributed by atoms with E-state index in [0.29, 0.717) is 25.4 Å². The lowest BCUT2D eigenvalue weighted by Crippen LogP contribution is -2.39. The highest BCUT2D eigenvalue weighted by atomic mass is 32.2. The molecule has 21 heavy (non-hydrogen) atoms. The third kappa shape index (κ3) is 4.01. The zero-order valence-corrected chi connectivity index (χ0v) is 12.4. The van der Waals surface area contributed by atoms with Gasteiger partial charge in [0.1, 0.15) is 0 Å². The van der Waals surface area contributed by atoms with Crippen LogP contribution in [0.1, 0.15) is 15.9 Å². The van der Waals surface area contributed by atoms with Crippen LogP contribution in [-0.2, 0) is 19.5 Å². The largest absolute Gasteiger partial charge is 0.478 e. The predicted molar refractivity (Wildman–Crippen MR) is 73.9 cm³/mol. The first-order chi connectivity index (χ1) is 9.90. The third-order valence-corrected chi connectivity index (χ3v) is 4.68. The molecule has 8 heteroatoms. The number of carboxylic acid groups (broad SMARTS) is 1. The van der Waals surface area contributed by atoms with E-state index in [1.54, 1.807) is 6.92 Å². The minimum absolute atomic E-state index is 0.0425. The maximum atomic E-state index is 12.3. The lowest BCUT2D eigenvalue weighted by Gasteiger charge is -2.23. The van der Waals surface area contributed by atoms with Gasteiger partial charge >= 0.3 is 5.97 Å². The van der Waals surface area contributed by atoms with E-state index < -0.39 is 16.0 Å². The van der Waals surface area contributed by atoms with Crippen LogP contribution in [-0.4, -0.2) is 52.0 Å². The minimum Gasteiger partial charge on any atom is -0.478 e. The summed E-state index contributed by atoms with van der Waals surface area (Å²) in [5.41, 5.74) is 0.409. The molecular weight excluding hydrogens is 298 g/mol. The Balaban J connectivity index is 2.14. The van der Waals surface area contributed by atoms with Crippen molar-refractivity contribution >= 4 is 16.0 Å². The Labute approximate surface area is 122 Å². The standard InChI is InChI=1S/C13H17NO6S/c1-9-2-3-10(13(15)16)6-12(9)21(17,18)14-7-11-8-19-4-5-20-11/h2-3,6,11,14H,4-5,7-8H2,1H3,(H,15,16). The number of carboxylic acids is 1. The number of aromatic carboxylic acids is 1. The van der Waals surface area contributed by atoms with Crippen LogP contribution < -0.4 is 4.72 Å². The summed E-state index contributed by atoms with van der Waals surface area (Å²) in [6, 6.07) is 3.99. The van der Waals surface area contributed by atoms with Gasteiger partial charge in [0.25, 0.3) is 0 Å². The lowest BCUT2D eigenvalue weighted by atomic mass is 10.1. The molecule has 0 amide bonds. The van der Waals surface area contributed by atoms with Gasteiger partial charge in [-0.05, 0) is 24.6 Å². The quantitative estimate of drug-likeness (QED) is 0.815. The van der Waals surface area contributed by atoms with E-state index in [0.717, 1.165) is 6.07 Å². The van der Waals surface area contributed by atoms with Crippen molar-refractivity contribution in [2.75, 3.05) is 26.4 Å². The van der Waals surface area contributed by atoms with Crippen LogP contribution in [0.5, 0.6) is 0 Å². The van der Waals surface area contributed by atoms with Crippen LogP contribution in [0.4, 0.5) is 0 Å². The second-order valence-corrected chi connectivity index (χ2v) is 6.44. The molecule has 0 radical (unpaired) electrons. The summed E-state index contributed by atoms with van der Waals surface area (Å²) >= 11 is 0. The summed E-state index contributed by atoms with van der Waals surface area (Å²) in [6.45, 7) is 2.96. The number of hydrogen-bond acceptors (Lipinski definition) is 5. The summed E-state index contributed by atoms with van der Waals surface area (Å²) < 4.78 is 37.5. The van der Waals surface area contributed by atoms with Crippen molar-refractivity contribution in [3.05, 3.63) is 29.3 Å². The molecule has 0 saturated carbocycles. The molecule has 0 aliphatic carbocycles. The zero-order valence-electron chi connectivity index (χ0n) is 11.5. The number of nitrogens with one attached hydrogen (secondary N) is 1. The number of rotatable bonds is 5. The van der Waals surface area contributed by atoms with E-state index in [9.17, 15) is 13.2 Å². The maximum Gasteiger partial charge on any atom is 0.335 e. The first kappa shape index (κ1) is 15.9. The van der Waals surface area contributed by atoms with Crippen LogP contribution in [0.3, 0.4) is 0 Å². The normalized spacial score (nSPS) is 19.4. The van der Waals surface area contributed by atoms with E-state index >= 15 is 0 Å². The molecule has 1 saturated heterocycles. The van der Waals surface area contributed by atoms with Crippen molar-refractivity contribution in [2.45, 2.75) is 17.9 Å². The molecule has 0 aromatic heterocycles. The molecular formula is C13H17NO6S. The predicted octanol–water partition coefficient (Wildman–Crippen LogP) is 0.387. The molecule has 1 aliphatic heterocycles. The van der Waals surface area contributed by atoms with Gasteiger partial charge in [0.05, 0.1) is 36.4 Å². The number of ether oxygens (including phenoxy) is 2. The molecule has 1 aromatic carbocycles. The Morgan fingerprint density at radius 3 is 2.81 bits per heavy atom. The van der Waals surface area contributed by atoms with Gasteiger partial charge in [-0.15, -0.1) is 0 Å². The van der Waals surface area contributed by atoms with Gasteiger partial charge in [0.2, 0.25) is 10.0 Å². The Morgan fingerprint density at radius 1 is 1.43 bits per heavy atom. The van der Waals surface area contributed by atoms with Crippen molar-refractivity contribution in [1.82, 2.24) is 4.72 Å². The van der Waals surface area contributed by atoms with Crippen molar-refractivity contribution in [2.24, 2.45) is 0 Å². The summed E-state index contributed by atoms with van der Waals surface area (Å²) in [5.74, 6) is -1.17. The molecule has 0 spiro atoms. The first-order valence-electron chi connectivity index (χ1n) is 6.43. The van der Waals surface area contributed by atoms with Crippen LogP contribution >= 0.6 is 0 Å². The topological polar surface area (TPSA) is 102 Å². The van der Waals surface area contributed by atoms with Gasteiger partial charge in [-0.1, -0.05) is 6.07 Å². The Morgan fingerprint density at radius 2 is 2.19 bits per heavy atom. The fourth-order valence-electron chi connectivity index (χ4n) is 1.96. The van der Waals surface area contributed by atoms with Crippen LogP contribution in [0.2, 0.25) is 0 Å². The fraction of sp³-hybridized carbons (Fsp3) is 0.462. The SMILES string of the molecule is Cc1ccc(C(=O)O)cc1S(=O)(=O)NCC1COCCO1. The number of hydrogen-bond donors (Lipinski definition) is 2. The lowest BCUT2D eigenvalue weighted by molar-refractivity contribution is -0.0846. The van der Waals surface area contributed by atoms with Crippen molar-refractivity contribution < 1.29 is 27.8 Å². The summed E-state index contributed by atoms with van der Waals surface area (Å²) in [5, 5.41) is 8.95. The molecule has 1 heterocycles. The number of benzene rings is 1. The number of carbonyl (C=O) groups is 1. The average molecular weight is 315 g/mol. The highest BCUT2D eigenvalue weighted by molar-refractivity contribution is 7.89. The first-order valence-corrected chi connectivity index (χ1v) is 7.91. The van der Waals surface area contributed by atoms with Gasteiger partial charge in [0.15, 0.2) is 0 Å². The average Bonchev–Trinajstić information content (AvgIpc) is 2.46. The van der Waals surface area contributed by atoms with Crippen molar-refractivity contribution in [3.63, 3.8) is 0 Å². The van der Waals surface area contributed by atoms with Gasteiger partial charge in [-0.25, -0.2) is 17.9 Å². The van der Waals surface area contributed by atoms with E-state index in [1.165, 1.54) is 12.1 Å². The molecule has 0 bridgehead atoms. The van der Waals surface area contributed by atoms with E-state index in [2.05, 4.69) is 4.72 Å². The maximum absolute atomic E-state index is 12.3.